The first-order valence-corrected chi connectivity index (χ1v) is 6.65. The Morgan fingerprint density at radius 2 is 1.81 bits per heavy atom. The minimum atomic E-state index is 0.710. The molecule has 1 aromatic rings. The molecular weight excluding hydrogens is 241 g/mol. The lowest BCUT2D eigenvalue weighted by Crippen LogP contribution is -2.14. The summed E-state index contributed by atoms with van der Waals surface area (Å²) in [7, 11) is 0. The lowest BCUT2D eigenvalue weighted by Gasteiger charge is -2.05. The molecule has 0 spiro atoms. The normalized spacial score (nSPS) is 15.4. The second kappa shape index (κ2) is 5.90. The Kier molecular flexibility index (Phi) is 4.51. The van der Waals surface area contributed by atoms with Gasteiger partial charge in [-0.15, -0.1) is 0 Å². The first kappa shape index (κ1) is 12.2. The number of halogens is 2. The van der Waals surface area contributed by atoms with Gasteiger partial charge < -0.3 is 5.32 Å². The smallest absolute Gasteiger partial charge is 0.0424 e. The van der Waals surface area contributed by atoms with Crippen molar-refractivity contribution < 1.29 is 0 Å². The van der Waals surface area contributed by atoms with E-state index in [4.69, 9.17) is 23.2 Å². The van der Waals surface area contributed by atoms with Crippen LogP contribution in [0.1, 0.15) is 31.2 Å². The molecule has 1 fully saturated rings. The minimum absolute atomic E-state index is 0.710. The molecule has 1 aliphatic rings. The summed E-state index contributed by atoms with van der Waals surface area (Å²) in [5.74, 6) is 1.03. The van der Waals surface area contributed by atoms with Crippen molar-refractivity contribution in [1.82, 2.24) is 5.32 Å². The van der Waals surface area contributed by atoms with Crippen molar-refractivity contribution in [2.45, 2.75) is 32.2 Å². The predicted octanol–water partition coefficient (Wildman–Crippen LogP) is 4.27. The molecule has 0 saturated heterocycles. The van der Waals surface area contributed by atoms with Crippen molar-refractivity contribution in [1.29, 1.82) is 0 Å². The van der Waals surface area contributed by atoms with E-state index in [2.05, 4.69) is 5.32 Å². The minimum Gasteiger partial charge on any atom is -0.313 e. The third-order valence-corrected chi connectivity index (χ3v) is 3.35. The molecule has 0 aliphatic heterocycles. The molecule has 1 N–H and O–H groups in total. The van der Waals surface area contributed by atoms with E-state index in [1.807, 2.05) is 12.1 Å². The van der Waals surface area contributed by atoms with Crippen LogP contribution in [0.25, 0.3) is 0 Å². The van der Waals surface area contributed by atoms with Gasteiger partial charge in [0.25, 0.3) is 0 Å². The topological polar surface area (TPSA) is 12.0 Å². The highest BCUT2D eigenvalue weighted by atomic mass is 35.5. The van der Waals surface area contributed by atoms with Crippen LogP contribution in [0.2, 0.25) is 10.0 Å². The monoisotopic (exact) mass is 257 g/mol. The third-order valence-electron chi connectivity index (χ3n) is 2.91. The Balaban J connectivity index is 1.67. The zero-order valence-corrected chi connectivity index (χ0v) is 10.8. The second-order valence-electron chi connectivity index (χ2n) is 4.54. The molecule has 1 nitrogen and oxygen atoms in total. The van der Waals surface area contributed by atoms with Gasteiger partial charge in [-0.05, 0) is 49.1 Å². The van der Waals surface area contributed by atoms with Crippen molar-refractivity contribution in [2.24, 2.45) is 5.92 Å². The highest BCUT2D eigenvalue weighted by Crippen LogP contribution is 2.33. The van der Waals surface area contributed by atoms with Gasteiger partial charge >= 0.3 is 0 Å². The van der Waals surface area contributed by atoms with Crippen LogP contribution in [0.5, 0.6) is 0 Å². The van der Waals surface area contributed by atoms with E-state index in [0.29, 0.717) is 10.0 Å². The van der Waals surface area contributed by atoms with Gasteiger partial charge in [0.1, 0.15) is 0 Å². The van der Waals surface area contributed by atoms with Gasteiger partial charge in [-0.25, -0.2) is 0 Å². The van der Waals surface area contributed by atoms with Gasteiger partial charge in [0, 0.05) is 16.6 Å². The van der Waals surface area contributed by atoms with E-state index in [1.165, 1.54) is 25.7 Å². The molecule has 0 heterocycles. The molecular formula is C13H17Cl2N. The molecule has 0 unspecified atom stereocenters. The van der Waals surface area contributed by atoms with Crippen LogP contribution < -0.4 is 5.32 Å². The van der Waals surface area contributed by atoms with E-state index in [0.717, 1.165) is 24.6 Å². The van der Waals surface area contributed by atoms with E-state index >= 15 is 0 Å². The SMILES string of the molecule is Clc1cc(Cl)cc(CNCCCC2CC2)c1. The Morgan fingerprint density at radius 1 is 1.12 bits per heavy atom. The van der Waals surface area contributed by atoms with Crippen molar-refractivity contribution in [2.75, 3.05) is 6.54 Å². The van der Waals surface area contributed by atoms with Gasteiger partial charge in [0.15, 0.2) is 0 Å². The Bertz CT molecular complexity index is 328. The lowest BCUT2D eigenvalue weighted by atomic mass is 10.2. The van der Waals surface area contributed by atoms with Gasteiger partial charge in [-0.3, -0.25) is 0 Å². The zero-order chi connectivity index (χ0) is 11.4. The first-order valence-electron chi connectivity index (χ1n) is 5.90. The fraction of sp³-hybridized carbons (Fsp3) is 0.538. The average molecular weight is 258 g/mol. The Hall–Kier alpha value is -0.240. The van der Waals surface area contributed by atoms with Gasteiger partial charge in [-0.1, -0.05) is 36.0 Å². The summed E-state index contributed by atoms with van der Waals surface area (Å²) in [5, 5.41) is 4.84. The average Bonchev–Trinajstić information content (AvgIpc) is 2.99. The molecule has 88 valence electrons. The van der Waals surface area contributed by atoms with Crippen molar-refractivity contribution >= 4 is 23.2 Å². The summed E-state index contributed by atoms with van der Waals surface area (Å²) in [5.41, 5.74) is 1.16. The van der Waals surface area contributed by atoms with E-state index in [-0.39, 0.29) is 0 Å². The van der Waals surface area contributed by atoms with Gasteiger partial charge in [0.2, 0.25) is 0 Å². The second-order valence-corrected chi connectivity index (χ2v) is 5.41. The lowest BCUT2D eigenvalue weighted by molar-refractivity contribution is 0.594. The van der Waals surface area contributed by atoms with Crippen LogP contribution in [-0.2, 0) is 6.54 Å². The molecule has 16 heavy (non-hydrogen) atoms. The molecule has 0 radical (unpaired) electrons. The largest absolute Gasteiger partial charge is 0.313 e. The van der Waals surface area contributed by atoms with Crippen LogP contribution in [0.15, 0.2) is 18.2 Å². The summed E-state index contributed by atoms with van der Waals surface area (Å²) < 4.78 is 0. The molecule has 1 aromatic carbocycles. The quantitative estimate of drug-likeness (QED) is 0.751. The Labute approximate surface area is 107 Å². The summed E-state index contributed by atoms with van der Waals surface area (Å²) in [6.45, 7) is 1.94. The molecule has 0 atom stereocenters. The molecule has 0 aromatic heterocycles. The highest BCUT2D eigenvalue weighted by Gasteiger charge is 2.19. The van der Waals surface area contributed by atoms with Crippen molar-refractivity contribution in [3.05, 3.63) is 33.8 Å². The maximum absolute atomic E-state index is 5.93. The van der Waals surface area contributed by atoms with E-state index < -0.39 is 0 Å². The molecule has 1 aliphatic carbocycles. The summed E-state index contributed by atoms with van der Waals surface area (Å²) in [4.78, 5) is 0. The molecule has 1 saturated carbocycles. The van der Waals surface area contributed by atoms with E-state index in [1.54, 1.807) is 6.07 Å². The van der Waals surface area contributed by atoms with Crippen LogP contribution in [0.4, 0.5) is 0 Å². The van der Waals surface area contributed by atoms with Crippen LogP contribution >= 0.6 is 23.2 Å². The van der Waals surface area contributed by atoms with Crippen LogP contribution in [0, 0.1) is 5.92 Å². The van der Waals surface area contributed by atoms with Crippen LogP contribution in [0.3, 0.4) is 0 Å². The first-order chi connectivity index (χ1) is 7.74. The number of hydrogen-bond acceptors (Lipinski definition) is 1. The number of nitrogens with one attached hydrogen (secondary N) is 1. The maximum Gasteiger partial charge on any atom is 0.0424 e. The van der Waals surface area contributed by atoms with E-state index in [9.17, 15) is 0 Å². The highest BCUT2D eigenvalue weighted by molar-refractivity contribution is 6.34. The third kappa shape index (κ3) is 4.32. The molecule has 0 bridgehead atoms. The number of benzene rings is 1. The van der Waals surface area contributed by atoms with Gasteiger partial charge in [-0.2, -0.15) is 0 Å². The predicted molar refractivity (Wildman–Crippen MR) is 70.1 cm³/mol. The summed E-state index contributed by atoms with van der Waals surface area (Å²) in [6, 6.07) is 5.68. The Morgan fingerprint density at radius 3 is 2.44 bits per heavy atom. The standard InChI is InChI=1S/C13H17Cl2N/c14-12-6-11(7-13(15)8-12)9-16-5-1-2-10-3-4-10/h6-8,10,16H,1-5,9H2. The molecule has 0 amide bonds. The van der Waals surface area contributed by atoms with Gasteiger partial charge in [0.05, 0.1) is 0 Å². The fourth-order valence-corrected chi connectivity index (χ4v) is 2.44. The fourth-order valence-electron chi connectivity index (χ4n) is 1.87. The maximum atomic E-state index is 5.93. The molecule has 2 rings (SSSR count). The number of hydrogen-bond donors (Lipinski definition) is 1. The van der Waals surface area contributed by atoms with Crippen molar-refractivity contribution in [3.63, 3.8) is 0 Å². The molecule has 3 heteroatoms. The zero-order valence-electron chi connectivity index (χ0n) is 9.31. The van der Waals surface area contributed by atoms with Crippen LogP contribution in [-0.4, -0.2) is 6.54 Å². The summed E-state index contributed by atoms with van der Waals surface area (Å²) >= 11 is 11.9. The summed E-state index contributed by atoms with van der Waals surface area (Å²) in [6.07, 6.45) is 5.55. The van der Waals surface area contributed by atoms with Crippen molar-refractivity contribution in [3.8, 4) is 0 Å². The number of rotatable bonds is 6.